The first-order chi connectivity index (χ1) is 6.19. The van der Waals surface area contributed by atoms with Crippen LogP contribution in [0.3, 0.4) is 0 Å². The van der Waals surface area contributed by atoms with Crippen LogP contribution in [0.15, 0.2) is 0 Å². The Hall–Kier alpha value is -0.0800. The van der Waals surface area contributed by atoms with E-state index >= 15 is 0 Å². The molecule has 0 bridgehead atoms. The van der Waals surface area contributed by atoms with E-state index in [-0.39, 0.29) is 0 Å². The number of nitrogens with zero attached hydrogens (tertiary/aromatic N) is 2. The van der Waals surface area contributed by atoms with E-state index in [1.54, 1.807) is 0 Å². The van der Waals surface area contributed by atoms with Crippen LogP contribution in [0, 0.1) is 0 Å². The summed E-state index contributed by atoms with van der Waals surface area (Å²) in [6.07, 6.45) is 1.27. The molecule has 2 heteroatoms. The van der Waals surface area contributed by atoms with Gasteiger partial charge in [0.1, 0.15) is 0 Å². The summed E-state index contributed by atoms with van der Waals surface area (Å²) >= 11 is 0. The van der Waals surface area contributed by atoms with Crippen LogP contribution in [-0.2, 0) is 0 Å². The number of rotatable bonds is 3. The Bertz CT molecular complexity index is 147. The Morgan fingerprint density at radius 3 is 2.46 bits per heavy atom. The summed E-state index contributed by atoms with van der Waals surface area (Å²) in [5.41, 5.74) is 0. The van der Waals surface area contributed by atoms with E-state index in [1.165, 1.54) is 32.6 Å². The van der Waals surface area contributed by atoms with Crippen molar-refractivity contribution >= 4 is 0 Å². The van der Waals surface area contributed by atoms with E-state index in [1.807, 2.05) is 0 Å². The van der Waals surface area contributed by atoms with Crippen molar-refractivity contribution in [3.63, 3.8) is 0 Å². The van der Waals surface area contributed by atoms with Crippen molar-refractivity contribution in [1.29, 1.82) is 0 Å². The van der Waals surface area contributed by atoms with Crippen molar-refractivity contribution in [3.8, 4) is 0 Å². The Kier molecular flexibility index (Phi) is 4.20. The number of hydrogen-bond acceptors (Lipinski definition) is 2. The molecule has 1 heterocycles. The van der Waals surface area contributed by atoms with Gasteiger partial charge in [0.2, 0.25) is 0 Å². The lowest BCUT2D eigenvalue weighted by atomic mass is 10.1. The van der Waals surface area contributed by atoms with Crippen molar-refractivity contribution < 1.29 is 0 Å². The van der Waals surface area contributed by atoms with Gasteiger partial charge >= 0.3 is 0 Å². The van der Waals surface area contributed by atoms with Crippen LogP contribution in [0.4, 0.5) is 0 Å². The van der Waals surface area contributed by atoms with Gasteiger partial charge in [-0.3, -0.25) is 4.90 Å². The topological polar surface area (TPSA) is 6.48 Å². The molecule has 0 aliphatic carbocycles. The third-order valence-corrected chi connectivity index (χ3v) is 3.37. The summed E-state index contributed by atoms with van der Waals surface area (Å²) in [4.78, 5) is 5.19. The van der Waals surface area contributed by atoms with Crippen molar-refractivity contribution in [2.45, 2.75) is 46.2 Å². The molecule has 1 saturated heterocycles. The van der Waals surface area contributed by atoms with Gasteiger partial charge in [-0.1, -0.05) is 13.8 Å². The van der Waals surface area contributed by atoms with Crippen LogP contribution in [0.1, 0.15) is 34.1 Å². The third kappa shape index (κ3) is 2.68. The van der Waals surface area contributed by atoms with Crippen LogP contribution in [-0.4, -0.2) is 48.1 Å². The molecule has 0 saturated carbocycles. The minimum absolute atomic E-state index is 0.739. The van der Waals surface area contributed by atoms with Gasteiger partial charge in [0.25, 0.3) is 0 Å². The smallest absolute Gasteiger partial charge is 0.0198 e. The molecule has 1 aliphatic heterocycles. The van der Waals surface area contributed by atoms with E-state index in [0.717, 1.165) is 12.1 Å². The second kappa shape index (κ2) is 4.97. The summed E-state index contributed by atoms with van der Waals surface area (Å²) in [5.74, 6) is 0. The minimum atomic E-state index is 0.739. The highest BCUT2D eigenvalue weighted by atomic mass is 15.3. The van der Waals surface area contributed by atoms with Crippen LogP contribution < -0.4 is 0 Å². The van der Waals surface area contributed by atoms with Crippen molar-refractivity contribution in [3.05, 3.63) is 0 Å². The Morgan fingerprint density at radius 1 is 1.31 bits per heavy atom. The molecule has 0 spiro atoms. The summed E-state index contributed by atoms with van der Waals surface area (Å²) in [5, 5.41) is 0. The number of hydrogen-bond donors (Lipinski definition) is 0. The zero-order valence-electron chi connectivity index (χ0n) is 9.58. The average molecular weight is 184 g/mol. The van der Waals surface area contributed by atoms with Crippen LogP contribution in [0.2, 0.25) is 0 Å². The molecule has 2 atom stereocenters. The first kappa shape index (κ1) is 11.0. The van der Waals surface area contributed by atoms with Crippen molar-refractivity contribution in [2.24, 2.45) is 0 Å². The summed E-state index contributed by atoms with van der Waals surface area (Å²) < 4.78 is 0. The summed E-state index contributed by atoms with van der Waals surface area (Å²) in [6, 6.07) is 1.50. The molecule has 2 unspecified atom stereocenters. The molecule has 0 amide bonds. The van der Waals surface area contributed by atoms with Gasteiger partial charge in [0.15, 0.2) is 0 Å². The monoisotopic (exact) mass is 184 g/mol. The fourth-order valence-corrected chi connectivity index (χ4v) is 2.22. The molecule has 0 aromatic carbocycles. The normalized spacial score (nSPS) is 29.1. The average Bonchev–Trinajstić information content (AvgIpc) is 2.16. The van der Waals surface area contributed by atoms with Crippen molar-refractivity contribution in [2.75, 3.05) is 26.2 Å². The zero-order chi connectivity index (χ0) is 9.84. The van der Waals surface area contributed by atoms with Gasteiger partial charge in [0, 0.05) is 31.7 Å². The molecule has 1 rings (SSSR count). The molecule has 0 radical (unpaired) electrons. The first-order valence-electron chi connectivity index (χ1n) is 5.67. The molecule has 0 aromatic rings. The standard InChI is InChI=1S/C11H24N2/c1-5-10(3)13-8-7-12(6-2)9-11(13)4/h10-11H,5-9H2,1-4H3. The lowest BCUT2D eigenvalue weighted by Gasteiger charge is -2.42. The minimum Gasteiger partial charge on any atom is -0.301 e. The molecule has 0 N–H and O–H groups in total. The van der Waals surface area contributed by atoms with Crippen molar-refractivity contribution in [1.82, 2.24) is 9.80 Å². The largest absolute Gasteiger partial charge is 0.301 e. The van der Waals surface area contributed by atoms with Gasteiger partial charge in [-0.05, 0) is 26.8 Å². The zero-order valence-corrected chi connectivity index (χ0v) is 9.58. The molecular weight excluding hydrogens is 160 g/mol. The van der Waals surface area contributed by atoms with E-state index in [2.05, 4.69) is 37.5 Å². The highest BCUT2D eigenvalue weighted by Gasteiger charge is 2.25. The first-order valence-corrected chi connectivity index (χ1v) is 5.67. The lowest BCUT2D eigenvalue weighted by molar-refractivity contribution is 0.0561. The van der Waals surface area contributed by atoms with E-state index in [0.29, 0.717) is 0 Å². The molecular formula is C11H24N2. The Balaban J connectivity index is 2.43. The maximum atomic E-state index is 2.64. The Morgan fingerprint density at radius 2 is 2.00 bits per heavy atom. The Labute approximate surface area is 82.9 Å². The van der Waals surface area contributed by atoms with Crippen LogP contribution >= 0.6 is 0 Å². The highest BCUT2D eigenvalue weighted by Crippen LogP contribution is 2.14. The maximum Gasteiger partial charge on any atom is 0.0198 e. The van der Waals surface area contributed by atoms with Gasteiger partial charge < -0.3 is 4.90 Å². The third-order valence-electron chi connectivity index (χ3n) is 3.37. The molecule has 78 valence electrons. The van der Waals surface area contributed by atoms with Gasteiger partial charge in [-0.15, -0.1) is 0 Å². The molecule has 1 fully saturated rings. The van der Waals surface area contributed by atoms with E-state index in [9.17, 15) is 0 Å². The quantitative estimate of drug-likeness (QED) is 0.660. The van der Waals surface area contributed by atoms with Gasteiger partial charge in [0.05, 0.1) is 0 Å². The van der Waals surface area contributed by atoms with E-state index < -0.39 is 0 Å². The maximum absolute atomic E-state index is 2.64. The second-order valence-electron chi connectivity index (χ2n) is 4.24. The molecule has 2 nitrogen and oxygen atoms in total. The van der Waals surface area contributed by atoms with E-state index in [4.69, 9.17) is 0 Å². The van der Waals surface area contributed by atoms with Crippen LogP contribution in [0.5, 0.6) is 0 Å². The predicted molar refractivity (Wildman–Crippen MR) is 58.0 cm³/mol. The second-order valence-corrected chi connectivity index (χ2v) is 4.24. The van der Waals surface area contributed by atoms with Gasteiger partial charge in [-0.25, -0.2) is 0 Å². The molecule has 13 heavy (non-hydrogen) atoms. The fraction of sp³-hybridized carbons (Fsp3) is 1.00. The summed E-state index contributed by atoms with van der Waals surface area (Å²) in [6.45, 7) is 14.2. The number of likely N-dealkylation sites (N-methyl/N-ethyl adjacent to an activating group) is 1. The molecule has 0 aromatic heterocycles. The van der Waals surface area contributed by atoms with Crippen LogP contribution in [0.25, 0.3) is 0 Å². The SMILES string of the molecule is CCC(C)N1CCN(CC)CC1C. The fourth-order valence-electron chi connectivity index (χ4n) is 2.22. The molecule has 1 aliphatic rings. The van der Waals surface area contributed by atoms with Gasteiger partial charge in [-0.2, -0.15) is 0 Å². The lowest BCUT2D eigenvalue weighted by Crippen LogP contribution is -2.54. The highest BCUT2D eigenvalue weighted by molar-refractivity contribution is 4.81. The predicted octanol–water partition coefficient (Wildman–Crippen LogP) is 1.81. The number of piperazine rings is 1. The summed E-state index contributed by atoms with van der Waals surface area (Å²) in [7, 11) is 0.